The van der Waals surface area contributed by atoms with Gasteiger partial charge in [-0.3, -0.25) is 0 Å². The summed E-state index contributed by atoms with van der Waals surface area (Å²) in [6.45, 7) is 2.15. The van der Waals surface area contributed by atoms with Crippen LogP contribution < -0.4 is 9.47 Å². The van der Waals surface area contributed by atoms with E-state index in [1.807, 2.05) is 19.1 Å². The molecule has 0 spiro atoms. The van der Waals surface area contributed by atoms with Crippen molar-refractivity contribution in [3.8, 4) is 11.5 Å². The minimum Gasteiger partial charge on any atom is -0.453 e. The fraction of sp³-hybridized carbons (Fsp3) is 0.222. The van der Waals surface area contributed by atoms with Crippen LogP contribution in [0.1, 0.15) is 5.69 Å². The lowest BCUT2D eigenvalue weighted by Crippen LogP contribution is -1.93. The molecule has 2 heterocycles. The monoisotopic (exact) mass is 177 g/mol. The zero-order valence-corrected chi connectivity index (χ0v) is 7.03. The molecule has 1 aliphatic heterocycles. The summed E-state index contributed by atoms with van der Waals surface area (Å²) in [5, 5.41) is 4.84. The van der Waals surface area contributed by atoms with Crippen LogP contribution in [-0.2, 0) is 0 Å². The second-order valence-corrected chi connectivity index (χ2v) is 2.94. The molecule has 66 valence electrons. The molecule has 1 aromatic heterocycles. The van der Waals surface area contributed by atoms with E-state index in [0.717, 1.165) is 16.8 Å². The quantitative estimate of drug-likeness (QED) is 0.616. The van der Waals surface area contributed by atoms with Gasteiger partial charge in [-0.2, -0.15) is 0 Å². The largest absolute Gasteiger partial charge is 0.453 e. The summed E-state index contributed by atoms with van der Waals surface area (Å²) in [5.74, 6) is 1.39. The van der Waals surface area contributed by atoms with Gasteiger partial charge in [0.2, 0.25) is 18.1 Å². The van der Waals surface area contributed by atoms with Crippen LogP contribution in [0.4, 0.5) is 0 Å². The fourth-order valence-electron chi connectivity index (χ4n) is 1.49. The topological polar surface area (TPSA) is 44.5 Å². The van der Waals surface area contributed by atoms with Crippen LogP contribution >= 0.6 is 0 Å². The highest BCUT2D eigenvalue weighted by Crippen LogP contribution is 2.39. The molecule has 13 heavy (non-hydrogen) atoms. The lowest BCUT2D eigenvalue weighted by Gasteiger charge is -1.93. The highest BCUT2D eigenvalue weighted by molar-refractivity contribution is 5.87. The van der Waals surface area contributed by atoms with Crippen LogP contribution in [0.2, 0.25) is 0 Å². The third kappa shape index (κ3) is 0.771. The number of aromatic nitrogens is 1. The van der Waals surface area contributed by atoms with Crippen molar-refractivity contribution < 1.29 is 14.0 Å². The molecule has 0 amide bonds. The molecule has 4 heteroatoms. The molecule has 0 unspecified atom stereocenters. The van der Waals surface area contributed by atoms with Gasteiger partial charge < -0.3 is 14.0 Å². The van der Waals surface area contributed by atoms with E-state index in [1.54, 1.807) is 0 Å². The minimum absolute atomic E-state index is 0.258. The molecule has 0 saturated heterocycles. The predicted octanol–water partition coefficient (Wildman–Crippen LogP) is 1.86. The van der Waals surface area contributed by atoms with Crippen LogP contribution in [0.25, 0.3) is 11.0 Å². The average Bonchev–Trinajstić information content (AvgIpc) is 2.70. The first-order chi connectivity index (χ1) is 6.36. The van der Waals surface area contributed by atoms with Gasteiger partial charge in [0, 0.05) is 5.39 Å². The summed E-state index contributed by atoms with van der Waals surface area (Å²) in [4.78, 5) is 0. The Kier molecular flexibility index (Phi) is 1.12. The number of aryl methyl sites for hydroxylation is 1. The number of ether oxygens (including phenoxy) is 2. The number of hydrogen-bond acceptors (Lipinski definition) is 4. The van der Waals surface area contributed by atoms with Crippen molar-refractivity contribution in [2.24, 2.45) is 0 Å². The summed E-state index contributed by atoms with van der Waals surface area (Å²) in [5.41, 5.74) is 1.54. The van der Waals surface area contributed by atoms with Crippen LogP contribution in [0, 0.1) is 6.92 Å². The minimum atomic E-state index is 0.258. The highest BCUT2D eigenvalue weighted by atomic mass is 16.7. The van der Waals surface area contributed by atoms with Gasteiger partial charge in [0.1, 0.15) is 0 Å². The maximum Gasteiger partial charge on any atom is 0.231 e. The Bertz CT molecular complexity index is 475. The van der Waals surface area contributed by atoms with E-state index in [0.29, 0.717) is 11.3 Å². The van der Waals surface area contributed by atoms with E-state index >= 15 is 0 Å². The van der Waals surface area contributed by atoms with E-state index in [2.05, 4.69) is 5.16 Å². The predicted molar refractivity (Wildman–Crippen MR) is 44.9 cm³/mol. The van der Waals surface area contributed by atoms with Crippen LogP contribution in [0.3, 0.4) is 0 Å². The molecule has 1 aliphatic rings. The molecule has 0 fully saturated rings. The van der Waals surface area contributed by atoms with Crippen LogP contribution in [0.5, 0.6) is 11.5 Å². The maximum absolute atomic E-state index is 5.27. The van der Waals surface area contributed by atoms with Crippen molar-refractivity contribution in [3.05, 3.63) is 17.8 Å². The van der Waals surface area contributed by atoms with Gasteiger partial charge in [0.15, 0.2) is 5.75 Å². The smallest absolute Gasteiger partial charge is 0.231 e. The Labute approximate surface area is 74.0 Å². The highest BCUT2D eigenvalue weighted by Gasteiger charge is 2.20. The Morgan fingerprint density at radius 2 is 2.23 bits per heavy atom. The van der Waals surface area contributed by atoms with Crippen LogP contribution in [0.15, 0.2) is 16.7 Å². The van der Waals surface area contributed by atoms with E-state index < -0.39 is 0 Å². The molecule has 4 nitrogen and oxygen atoms in total. The number of fused-ring (bicyclic) bond motifs is 3. The van der Waals surface area contributed by atoms with E-state index in [4.69, 9.17) is 14.0 Å². The first kappa shape index (κ1) is 6.77. The van der Waals surface area contributed by atoms with Crippen molar-refractivity contribution in [1.29, 1.82) is 0 Å². The van der Waals surface area contributed by atoms with Gasteiger partial charge in [-0.05, 0) is 19.1 Å². The third-order valence-electron chi connectivity index (χ3n) is 2.16. The molecule has 2 aromatic rings. The number of nitrogens with zero attached hydrogens (tertiary/aromatic N) is 1. The van der Waals surface area contributed by atoms with E-state index in [1.165, 1.54) is 0 Å². The van der Waals surface area contributed by atoms with Crippen LogP contribution in [-0.4, -0.2) is 11.9 Å². The summed E-state index contributed by atoms with van der Waals surface area (Å²) in [7, 11) is 0. The number of benzene rings is 1. The molecule has 0 atom stereocenters. The number of hydrogen-bond donors (Lipinski definition) is 0. The second-order valence-electron chi connectivity index (χ2n) is 2.94. The second kappa shape index (κ2) is 2.16. The molecule has 0 radical (unpaired) electrons. The summed E-state index contributed by atoms with van der Waals surface area (Å²) < 4.78 is 15.6. The van der Waals surface area contributed by atoms with Gasteiger partial charge in [-0.25, -0.2) is 0 Å². The van der Waals surface area contributed by atoms with E-state index in [9.17, 15) is 0 Å². The summed E-state index contributed by atoms with van der Waals surface area (Å²) >= 11 is 0. The molecular weight excluding hydrogens is 170 g/mol. The first-order valence-electron chi connectivity index (χ1n) is 4.01. The normalized spacial score (nSPS) is 13.9. The Morgan fingerprint density at radius 1 is 1.31 bits per heavy atom. The van der Waals surface area contributed by atoms with Crippen molar-refractivity contribution in [3.63, 3.8) is 0 Å². The maximum atomic E-state index is 5.27. The van der Waals surface area contributed by atoms with Crippen molar-refractivity contribution in [2.45, 2.75) is 6.92 Å². The fourth-order valence-corrected chi connectivity index (χ4v) is 1.49. The number of rotatable bonds is 0. The van der Waals surface area contributed by atoms with Gasteiger partial charge in [0.25, 0.3) is 0 Å². The molecule has 0 saturated carbocycles. The molecule has 1 aromatic carbocycles. The van der Waals surface area contributed by atoms with E-state index in [-0.39, 0.29) is 6.79 Å². The van der Waals surface area contributed by atoms with Crippen molar-refractivity contribution in [2.75, 3.05) is 6.79 Å². The molecule has 0 bridgehead atoms. The van der Waals surface area contributed by atoms with Gasteiger partial charge in [-0.15, -0.1) is 0 Å². The molecular formula is C9H7NO3. The van der Waals surface area contributed by atoms with Gasteiger partial charge in [0.05, 0.1) is 5.69 Å². The average molecular weight is 177 g/mol. The molecule has 0 N–H and O–H groups in total. The standard InChI is InChI=1S/C9H7NO3/c1-5-6-2-3-7-9(12-4-11-7)8(6)13-10-5/h2-3H,4H2,1H3. The first-order valence-corrected chi connectivity index (χ1v) is 4.01. The van der Waals surface area contributed by atoms with Crippen molar-refractivity contribution in [1.82, 2.24) is 5.16 Å². The van der Waals surface area contributed by atoms with Gasteiger partial charge >= 0.3 is 0 Å². The Balaban J connectivity index is 2.44. The molecule has 3 rings (SSSR count). The van der Waals surface area contributed by atoms with Crippen molar-refractivity contribution >= 4 is 11.0 Å². The Hall–Kier alpha value is -1.71. The zero-order chi connectivity index (χ0) is 8.84. The SMILES string of the molecule is Cc1noc2c3c(ccc12)OCO3. The lowest BCUT2D eigenvalue weighted by molar-refractivity contribution is 0.173. The Morgan fingerprint density at radius 3 is 3.15 bits per heavy atom. The summed E-state index contributed by atoms with van der Waals surface area (Å²) in [6, 6.07) is 3.80. The van der Waals surface area contributed by atoms with Gasteiger partial charge in [-0.1, -0.05) is 5.16 Å². The molecule has 0 aliphatic carbocycles. The third-order valence-corrected chi connectivity index (χ3v) is 2.16. The zero-order valence-electron chi connectivity index (χ0n) is 7.03. The summed E-state index contributed by atoms with van der Waals surface area (Å²) in [6.07, 6.45) is 0. The lowest BCUT2D eigenvalue weighted by atomic mass is 10.2.